The molecule has 1 aromatic carbocycles. The van der Waals surface area contributed by atoms with Gasteiger partial charge in [-0.05, 0) is 55.2 Å². The highest BCUT2D eigenvalue weighted by Crippen LogP contribution is 2.14. The molecule has 3 rings (SSSR count). The summed E-state index contributed by atoms with van der Waals surface area (Å²) < 4.78 is 12.4. The Hall–Kier alpha value is -3.15. The first-order valence-electron chi connectivity index (χ1n) is 9.31. The number of esters is 1. The molecule has 0 N–H and O–H groups in total. The van der Waals surface area contributed by atoms with Gasteiger partial charge in [-0.15, -0.1) is 0 Å². The van der Waals surface area contributed by atoms with Gasteiger partial charge in [0.2, 0.25) is 0 Å². The van der Waals surface area contributed by atoms with E-state index in [-0.39, 0.29) is 12.2 Å². The molecule has 0 fully saturated rings. The van der Waals surface area contributed by atoms with E-state index in [2.05, 4.69) is 18.8 Å². The summed E-state index contributed by atoms with van der Waals surface area (Å²) in [5.41, 5.74) is 2.11. The quantitative estimate of drug-likeness (QED) is 0.583. The smallest absolute Gasteiger partial charge is 0.338 e. The third kappa shape index (κ3) is 4.97. The molecule has 0 amide bonds. The van der Waals surface area contributed by atoms with Crippen molar-refractivity contribution in [3.05, 3.63) is 75.8 Å². The van der Waals surface area contributed by atoms with Crippen LogP contribution in [-0.2, 0) is 11.3 Å². The van der Waals surface area contributed by atoms with Gasteiger partial charge in [-0.3, -0.25) is 9.20 Å². The minimum Gasteiger partial charge on any atom is -0.494 e. The summed E-state index contributed by atoms with van der Waals surface area (Å²) in [6.45, 7) is 6.77. The van der Waals surface area contributed by atoms with Crippen LogP contribution in [0.1, 0.15) is 41.9 Å². The second kappa shape index (κ2) is 8.69. The van der Waals surface area contributed by atoms with E-state index in [9.17, 15) is 9.59 Å². The van der Waals surface area contributed by atoms with Gasteiger partial charge in [0.05, 0.1) is 17.9 Å². The van der Waals surface area contributed by atoms with Crippen molar-refractivity contribution in [3.8, 4) is 5.75 Å². The van der Waals surface area contributed by atoms with Gasteiger partial charge in [-0.25, -0.2) is 9.78 Å². The van der Waals surface area contributed by atoms with Crippen LogP contribution in [0.15, 0.2) is 53.5 Å². The molecule has 2 heterocycles. The van der Waals surface area contributed by atoms with Crippen molar-refractivity contribution >= 4 is 11.6 Å². The predicted molar refractivity (Wildman–Crippen MR) is 107 cm³/mol. The Bertz CT molecular complexity index is 1020. The number of hydrogen-bond acceptors (Lipinski definition) is 5. The summed E-state index contributed by atoms with van der Waals surface area (Å²) in [6, 6.07) is 11.9. The first kappa shape index (κ1) is 19.6. The predicted octanol–water partition coefficient (Wildman–Crippen LogP) is 3.78. The molecule has 6 heteroatoms. The maximum absolute atomic E-state index is 12.3. The fraction of sp³-hybridized carbons (Fsp3) is 0.318. The summed E-state index contributed by atoms with van der Waals surface area (Å²) in [5.74, 6) is 0.825. The van der Waals surface area contributed by atoms with E-state index in [0.717, 1.165) is 17.7 Å². The molecule has 0 aliphatic rings. The van der Waals surface area contributed by atoms with Crippen LogP contribution in [0.2, 0.25) is 0 Å². The minimum absolute atomic E-state index is 0.0644. The molecule has 28 heavy (non-hydrogen) atoms. The lowest BCUT2D eigenvalue weighted by Crippen LogP contribution is -2.17. The number of fused-ring (bicyclic) bond motifs is 1. The highest BCUT2D eigenvalue weighted by atomic mass is 16.5. The molecule has 3 aromatic rings. The molecule has 0 spiro atoms. The van der Waals surface area contributed by atoms with E-state index in [4.69, 9.17) is 9.47 Å². The van der Waals surface area contributed by atoms with Gasteiger partial charge in [0.25, 0.3) is 5.56 Å². The standard InChI is InChI=1S/C22H24N2O4/c1-15(2)10-11-27-19-7-5-17(6-8-19)22(26)28-14-18-12-21(25)24-13-16(3)4-9-20(24)23-18/h4-9,12-13,15H,10-11,14H2,1-3H3. The molecule has 0 unspecified atom stereocenters. The third-order valence-corrected chi connectivity index (χ3v) is 4.27. The molecule has 0 saturated carbocycles. The Morgan fingerprint density at radius 3 is 2.61 bits per heavy atom. The molecule has 2 aromatic heterocycles. The SMILES string of the molecule is Cc1ccc2nc(COC(=O)c3ccc(OCCC(C)C)cc3)cc(=O)n2c1. The molecular weight excluding hydrogens is 356 g/mol. The highest BCUT2D eigenvalue weighted by Gasteiger charge is 2.10. The van der Waals surface area contributed by atoms with Crippen molar-refractivity contribution in [3.63, 3.8) is 0 Å². The summed E-state index contributed by atoms with van der Waals surface area (Å²) in [4.78, 5) is 28.8. The van der Waals surface area contributed by atoms with Crippen molar-refractivity contribution in [2.45, 2.75) is 33.8 Å². The number of carbonyl (C=O) groups excluding carboxylic acids is 1. The average molecular weight is 380 g/mol. The summed E-state index contributed by atoms with van der Waals surface area (Å²) >= 11 is 0. The van der Waals surface area contributed by atoms with Crippen LogP contribution >= 0.6 is 0 Å². The first-order chi connectivity index (χ1) is 13.4. The van der Waals surface area contributed by atoms with Crippen molar-refractivity contribution in [1.29, 1.82) is 0 Å². The largest absolute Gasteiger partial charge is 0.494 e. The molecule has 0 saturated heterocycles. The van der Waals surface area contributed by atoms with Crippen molar-refractivity contribution in [2.24, 2.45) is 5.92 Å². The zero-order chi connectivity index (χ0) is 20.1. The van der Waals surface area contributed by atoms with E-state index in [1.807, 2.05) is 13.0 Å². The van der Waals surface area contributed by atoms with Gasteiger partial charge in [-0.2, -0.15) is 0 Å². The Morgan fingerprint density at radius 2 is 1.89 bits per heavy atom. The zero-order valence-electron chi connectivity index (χ0n) is 16.3. The Kier molecular flexibility index (Phi) is 6.09. The normalized spacial score (nSPS) is 11.0. The van der Waals surface area contributed by atoms with Crippen LogP contribution in [0.25, 0.3) is 5.65 Å². The number of ether oxygens (including phenoxy) is 2. The summed E-state index contributed by atoms with van der Waals surface area (Å²) in [5, 5.41) is 0. The topological polar surface area (TPSA) is 69.9 Å². The maximum Gasteiger partial charge on any atom is 0.338 e. The summed E-state index contributed by atoms with van der Waals surface area (Å²) in [6.07, 6.45) is 2.70. The number of aromatic nitrogens is 2. The minimum atomic E-state index is -0.473. The molecule has 6 nitrogen and oxygen atoms in total. The maximum atomic E-state index is 12.3. The van der Waals surface area contributed by atoms with Crippen LogP contribution in [0.5, 0.6) is 5.75 Å². The van der Waals surface area contributed by atoms with E-state index in [0.29, 0.717) is 29.4 Å². The van der Waals surface area contributed by atoms with Crippen LogP contribution in [0, 0.1) is 12.8 Å². The lowest BCUT2D eigenvalue weighted by Gasteiger charge is -2.09. The Morgan fingerprint density at radius 1 is 1.14 bits per heavy atom. The third-order valence-electron chi connectivity index (χ3n) is 4.27. The molecule has 0 aliphatic heterocycles. The molecule has 0 bridgehead atoms. The van der Waals surface area contributed by atoms with Crippen LogP contribution < -0.4 is 10.3 Å². The molecule has 146 valence electrons. The van der Waals surface area contributed by atoms with Crippen molar-refractivity contribution < 1.29 is 14.3 Å². The van der Waals surface area contributed by atoms with Crippen LogP contribution in [0.3, 0.4) is 0 Å². The van der Waals surface area contributed by atoms with E-state index < -0.39 is 5.97 Å². The number of benzene rings is 1. The Labute approximate surface area is 163 Å². The number of aryl methyl sites for hydroxylation is 1. The van der Waals surface area contributed by atoms with E-state index in [1.165, 1.54) is 10.5 Å². The average Bonchev–Trinajstić information content (AvgIpc) is 2.67. The zero-order valence-corrected chi connectivity index (χ0v) is 16.3. The monoisotopic (exact) mass is 380 g/mol. The molecule has 0 aliphatic carbocycles. The fourth-order valence-corrected chi connectivity index (χ4v) is 2.65. The van der Waals surface area contributed by atoms with E-state index >= 15 is 0 Å². The van der Waals surface area contributed by atoms with Gasteiger partial charge < -0.3 is 9.47 Å². The molecule has 0 atom stereocenters. The lowest BCUT2D eigenvalue weighted by molar-refractivity contribution is 0.0467. The number of carbonyl (C=O) groups is 1. The van der Waals surface area contributed by atoms with Crippen LogP contribution in [-0.4, -0.2) is 22.0 Å². The van der Waals surface area contributed by atoms with Gasteiger partial charge in [0.15, 0.2) is 0 Å². The number of hydrogen-bond donors (Lipinski definition) is 0. The first-order valence-corrected chi connectivity index (χ1v) is 9.31. The second-order valence-electron chi connectivity index (χ2n) is 7.15. The van der Waals surface area contributed by atoms with Gasteiger partial charge in [0, 0.05) is 12.3 Å². The van der Waals surface area contributed by atoms with Gasteiger partial charge in [0.1, 0.15) is 18.0 Å². The second-order valence-corrected chi connectivity index (χ2v) is 7.15. The summed E-state index contributed by atoms with van der Waals surface area (Å²) in [7, 11) is 0. The Balaban J connectivity index is 1.61. The van der Waals surface area contributed by atoms with Gasteiger partial charge >= 0.3 is 5.97 Å². The number of rotatable bonds is 7. The van der Waals surface area contributed by atoms with Gasteiger partial charge in [-0.1, -0.05) is 19.9 Å². The molecular formula is C22H24N2O4. The van der Waals surface area contributed by atoms with Crippen molar-refractivity contribution in [2.75, 3.05) is 6.61 Å². The van der Waals surface area contributed by atoms with Crippen molar-refractivity contribution in [1.82, 2.24) is 9.38 Å². The number of pyridine rings is 1. The lowest BCUT2D eigenvalue weighted by atomic mass is 10.1. The van der Waals surface area contributed by atoms with Crippen LogP contribution in [0.4, 0.5) is 0 Å². The number of nitrogens with zero attached hydrogens (tertiary/aromatic N) is 2. The fourth-order valence-electron chi connectivity index (χ4n) is 2.65. The van der Waals surface area contributed by atoms with E-state index in [1.54, 1.807) is 36.5 Å². The molecule has 0 radical (unpaired) electrons. The highest BCUT2D eigenvalue weighted by molar-refractivity contribution is 5.89.